The van der Waals surface area contributed by atoms with Gasteiger partial charge in [-0.25, -0.2) is 8.78 Å². The highest BCUT2D eigenvalue weighted by Gasteiger charge is 2.27. The van der Waals surface area contributed by atoms with Crippen molar-refractivity contribution in [3.8, 4) is 0 Å². The fourth-order valence-corrected chi connectivity index (χ4v) is 1.24. The van der Waals surface area contributed by atoms with Crippen LogP contribution in [0.25, 0.3) is 0 Å². The summed E-state index contributed by atoms with van der Waals surface area (Å²) in [5.41, 5.74) is 5.41. The molecule has 0 unspecified atom stereocenters. The molecule has 0 saturated heterocycles. The number of rotatable bonds is 1. The van der Waals surface area contributed by atoms with Crippen LogP contribution in [0.3, 0.4) is 0 Å². The van der Waals surface area contributed by atoms with Crippen molar-refractivity contribution in [2.24, 2.45) is 11.1 Å². The van der Waals surface area contributed by atoms with Gasteiger partial charge in [0.2, 0.25) is 0 Å². The molecule has 0 saturated carbocycles. The summed E-state index contributed by atoms with van der Waals surface area (Å²) >= 11 is 0. The highest BCUT2D eigenvalue weighted by molar-refractivity contribution is 5.24. The maximum atomic E-state index is 13.3. The van der Waals surface area contributed by atoms with Crippen LogP contribution in [0.2, 0.25) is 0 Å². The first-order valence-electron chi connectivity index (χ1n) is 4.53. The molecule has 0 spiro atoms. The molecular weight excluding hydrogens is 184 g/mol. The molecule has 1 rings (SSSR count). The van der Waals surface area contributed by atoms with E-state index in [9.17, 15) is 8.78 Å². The summed E-state index contributed by atoms with van der Waals surface area (Å²) < 4.78 is 26.6. The average molecular weight is 199 g/mol. The SMILES string of the molecule is CC(C)(C)[C@@H](N)c1c(F)cccc1F. The second-order valence-corrected chi connectivity index (χ2v) is 4.48. The van der Waals surface area contributed by atoms with Crippen molar-refractivity contribution in [1.29, 1.82) is 0 Å². The predicted octanol–water partition coefficient (Wildman–Crippen LogP) is 3.01. The molecule has 0 amide bonds. The van der Waals surface area contributed by atoms with E-state index in [-0.39, 0.29) is 11.0 Å². The Kier molecular flexibility index (Phi) is 2.90. The van der Waals surface area contributed by atoms with Crippen molar-refractivity contribution in [2.45, 2.75) is 26.8 Å². The molecule has 0 aromatic heterocycles. The van der Waals surface area contributed by atoms with Gasteiger partial charge in [0.15, 0.2) is 0 Å². The first-order valence-corrected chi connectivity index (χ1v) is 4.53. The minimum absolute atomic E-state index is 0.0278. The second-order valence-electron chi connectivity index (χ2n) is 4.48. The molecule has 1 nitrogen and oxygen atoms in total. The summed E-state index contributed by atoms with van der Waals surface area (Å²) in [5.74, 6) is -1.15. The van der Waals surface area contributed by atoms with E-state index >= 15 is 0 Å². The van der Waals surface area contributed by atoms with Crippen LogP contribution >= 0.6 is 0 Å². The molecule has 78 valence electrons. The van der Waals surface area contributed by atoms with Crippen LogP contribution in [0.1, 0.15) is 32.4 Å². The summed E-state index contributed by atoms with van der Waals surface area (Å²) in [6, 6.07) is 3.15. The maximum Gasteiger partial charge on any atom is 0.130 e. The van der Waals surface area contributed by atoms with Crippen LogP contribution < -0.4 is 5.73 Å². The Morgan fingerprint density at radius 2 is 1.57 bits per heavy atom. The fraction of sp³-hybridized carbons (Fsp3) is 0.455. The molecule has 0 heterocycles. The zero-order valence-electron chi connectivity index (χ0n) is 8.64. The highest BCUT2D eigenvalue weighted by atomic mass is 19.1. The van der Waals surface area contributed by atoms with E-state index in [4.69, 9.17) is 5.73 Å². The van der Waals surface area contributed by atoms with Crippen LogP contribution in [-0.2, 0) is 0 Å². The van der Waals surface area contributed by atoms with Gasteiger partial charge < -0.3 is 5.73 Å². The Hall–Kier alpha value is -0.960. The number of halogens is 2. The smallest absolute Gasteiger partial charge is 0.130 e. The molecule has 0 aliphatic heterocycles. The van der Waals surface area contributed by atoms with E-state index in [2.05, 4.69) is 0 Å². The van der Waals surface area contributed by atoms with Gasteiger partial charge in [0.05, 0.1) is 0 Å². The largest absolute Gasteiger partial charge is 0.323 e. The third-order valence-electron chi connectivity index (χ3n) is 2.24. The summed E-state index contributed by atoms with van der Waals surface area (Å²) in [6.45, 7) is 5.55. The molecule has 0 fully saturated rings. The van der Waals surface area contributed by atoms with Gasteiger partial charge in [-0.15, -0.1) is 0 Å². The molecule has 2 N–H and O–H groups in total. The van der Waals surface area contributed by atoms with Crippen molar-refractivity contribution in [1.82, 2.24) is 0 Å². The molecule has 3 heteroatoms. The standard InChI is InChI=1S/C11H15F2N/c1-11(2,3)10(14)9-7(12)5-4-6-8(9)13/h4-6,10H,14H2,1-3H3/t10-/m0/s1. The third-order valence-corrected chi connectivity index (χ3v) is 2.24. The number of hydrogen-bond acceptors (Lipinski definition) is 1. The van der Waals surface area contributed by atoms with Crippen molar-refractivity contribution < 1.29 is 8.78 Å². The second kappa shape index (κ2) is 3.65. The Bertz CT molecular complexity index is 308. The van der Waals surface area contributed by atoms with Gasteiger partial charge >= 0.3 is 0 Å². The maximum absolute atomic E-state index is 13.3. The van der Waals surface area contributed by atoms with Gasteiger partial charge in [-0.05, 0) is 17.5 Å². The molecule has 1 aromatic carbocycles. The van der Waals surface area contributed by atoms with Gasteiger partial charge in [0.1, 0.15) is 11.6 Å². The summed E-state index contributed by atoms with van der Waals surface area (Å²) in [4.78, 5) is 0. The van der Waals surface area contributed by atoms with E-state index in [1.807, 2.05) is 20.8 Å². The van der Waals surface area contributed by atoms with Gasteiger partial charge in [-0.1, -0.05) is 26.8 Å². The van der Waals surface area contributed by atoms with Crippen molar-refractivity contribution in [3.05, 3.63) is 35.4 Å². The Morgan fingerprint density at radius 3 is 1.93 bits per heavy atom. The van der Waals surface area contributed by atoms with E-state index in [0.29, 0.717) is 0 Å². The molecule has 1 atom stereocenters. The van der Waals surface area contributed by atoms with Crippen LogP contribution in [0.4, 0.5) is 8.78 Å². The number of nitrogens with two attached hydrogens (primary N) is 1. The van der Waals surface area contributed by atoms with Crippen LogP contribution in [0.15, 0.2) is 18.2 Å². The fourth-order valence-electron chi connectivity index (χ4n) is 1.24. The van der Waals surface area contributed by atoms with Gasteiger partial charge in [0, 0.05) is 11.6 Å². The number of benzene rings is 1. The molecule has 0 aliphatic rings. The number of hydrogen-bond donors (Lipinski definition) is 1. The van der Waals surface area contributed by atoms with E-state index in [0.717, 1.165) is 0 Å². The lowest BCUT2D eigenvalue weighted by atomic mass is 9.82. The molecule has 14 heavy (non-hydrogen) atoms. The van der Waals surface area contributed by atoms with Crippen LogP contribution in [0, 0.1) is 17.0 Å². The van der Waals surface area contributed by atoms with Crippen molar-refractivity contribution in [3.63, 3.8) is 0 Å². The molecule has 0 bridgehead atoms. The van der Waals surface area contributed by atoms with Crippen molar-refractivity contribution in [2.75, 3.05) is 0 Å². The summed E-state index contributed by atoms with van der Waals surface area (Å²) in [7, 11) is 0. The summed E-state index contributed by atoms with van der Waals surface area (Å²) in [6.07, 6.45) is 0. The zero-order chi connectivity index (χ0) is 10.9. The minimum Gasteiger partial charge on any atom is -0.323 e. The first-order chi connectivity index (χ1) is 6.34. The van der Waals surface area contributed by atoms with Crippen LogP contribution in [0.5, 0.6) is 0 Å². The zero-order valence-corrected chi connectivity index (χ0v) is 8.64. The van der Waals surface area contributed by atoms with Gasteiger partial charge in [-0.3, -0.25) is 0 Å². The Balaban J connectivity index is 3.19. The predicted molar refractivity (Wildman–Crippen MR) is 52.7 cm³/mol. The van der Waals surface area contributed by atoms with E-state index in [1.54, 1.807) is 0 Å². The Labute approximate surface area is 82.9 Å². The lowest BCUT2D eigenvalue weighted by molar-refractivity contribution is 0.310. The van der Waals surface area contributed by atoms with Crippen LogP contribution in [-0.4, -0.2) is 0 Å². The molecule has 0 radical (unpaired) electrons. The summed E-state index contributed by atoms with van der Waals surface area (Å²) in [5, 5.41) is 0. The average Bonchev–Trinajstić information content (AvgIpc) is 2.01. The monoisotopic (exact) mass is 199 g/mol. The highest BCUT2D eigenvalue weighted by Crippen LogP contribution is 2.33. The first kappa shape index (κ1) is 11.1. The van der Waals surface area contributed by atoms with E-state index in [1.165, 1.54) is 18.2 Å². The van der Waals surface area contributed by atoms with Gasteiger partial charge in [0.25, 0.3) is 0 Å². The lowest BCUT2D eigenvalue weighted by Crippen LogP contribution is -2.28. The molecular formula is C11H15F2N. The topological polar surface area (TPSA) is 26.0 Å². The van der Waals surface area contributed by atoms with Gasteiger partial charge in [-0.2, -0.15) is 0 Å². The van der Waals surface area contributed by atoms with Crippen molar-refractivity contribution >= 4 is 0 Å². The lowest BCUT2D eigenvalue weighted by Gasteiger charge is -2.27. The molecule has 0 aliphatic carbocycles. The minimum atomic E-state index is -0.635. The molecule has 1 aromatic rings. The Morgan fingerprint density at radius 1 is 1.14 bits per heavy atom. The normalized spacial score (nSPS) is 14.1. The third kappa shape index (κ3) is 2.10. The van der Waals surface area contributed by atoms with E-state index < -0.39 is 17.7 Å². The quantitative estimate of drug-likeness (QED) is 0.739.